The first-order valence-corrected chi connectivity index (χ1v) is 15.3. The van der Waals surface area contributed by atoms with Crippen LogP contribution in [0, 0.1) is 0 Å². The SMILES string of the molecule is COc1ccccc1[C@H](Cc1cc(CCS(C)(=O)=O)c(=O)n2cc(-c3ncco3)sc12)OC1CCOCC1. The molecule has 0 aliphatic carbocycles. The predicted octanol–water partition coefficient (Wildman–Crippen LogP) is 4.09. The summed E-state index contributed by atoms with van der Waals surface area (Å²) < 4.78 is 48.7. The molecular formula is C27H30N2O7S2. The van der Waals surface area contributed by atoms with Crippen molar-refractivity contribution in [1.82, 2.24) is 9.38 Å². The molecule has 9 nitrogen and oxygen atoms in total. The van der Waals surface area contributed by atoms with Gasteiger partial charge in [-0.2, -0.15) is 0 Å². The van der Waals surface area contributed by atoms with E-state index >= 15 is 0 Å². The molecule has 0 amide bonds. The van der Waals surface area contributed by atoms with Gasteiger partial charge in [-0.15, -0.1) is 11.3 Å². The molecule has 0 bridgehead atoms. The van der Waals surface area contributed by atoms with Crippen LogP contribution in [0.25, 0.3) is 15.6 Å². The Bertz CT molecular complexity index is 1550. The quantitative estimate of drug-likeness (QED) is 0.286. The number of nitrogens with zero attached hydrogens (tertiary/aromatic N) is 2. The Kier molecular flexibility index (Phi) is 7.98. The van der Waals surface area contributed by atoms with Crippen LogP contribution in [-0.2, 0) is 32.2 Å². The molecule has 202 valence electrons. The third kappa shape index (κ3) is 6.01. The third-order valence-electron chi connectivity index (χ3n) is 6.59. The summed E-state index contributed by atoms with van der Waals surface area (Å²) in [5.74, 6) is 1.03. The highest BCUT2D eigenvalue weighted by molar-refractivity contribution is 7.90. The second kappa shape index (κ2) is 11.4. The lowest BCUT2D eigenvalue weighted by molar-refractivity contribution is -0.0699. The van der Waals surface area contributed by atoms with E-state index in [9.17, 15) is 13.2 Å². The van der Waals surface area contributed by atoms with Crippen molar-refractivity contribution in [3.63, 3.8) is 0 Å². The third-order valence-corrected chi connectivity index (χ3v) is 8.69. The summed E-state index contributed by atoms with van der Waals surface area (Å²) in [6.45, 7) is 1.29. The Morgan fingerprint density at radius 1 is 1.21 bits per heavy atom. The largest absolute Gasteiger partial charge is 0.496 e. The Balaban J connectivity index is 1.60. The second-order valence-electron chi connectivity index (χ2n) is 9.37. The Morgan fingerprint density at radius 2 is 2.00 bits per heavy atom. The number of fused-ring (bicyclic) bond motifs is 1. The van der Waals surface area contributed by atoms with E-state index < -0.39 is 9.84 Å². The van der Waals surface area contributed by atoms with Gasteiger partial charge in [0, 0.05) is 43.2 Å². The van der Waals surface area contributed by atoms with Gasteiger partial charge in [-0.3, -0.25) is 9.20 Å². The summed E-state index contributed by atoms with van der Waals surface area (Å²) in [6.07, 6.45) is 7.76. The normalized spacial score (nSPS) is 15.6. The Labute approximate surface area is 224 Å². The minimum Gasteiger partial charge on any atom is -0.496 e. The van der Waals surface area contributed by atoms with Gasteiger partial charge in [0.1, 0.15) is 31.6 Å². The number of oxazole rings is 1. The van der Waals surface area contributed by atoms with Crippen LogP contribution in [0.15, 0.2) is 58.2 Å². The van der Waals surface area contributed by atoms with Gasteiger partial charge in [0.2, 0.25) is 5.89 Å². The lowest BCUT2D eigenvalue weighted by atomic mass is 9.99. The van der Waals surface area contributed by atoms with Gasteiger partial charge in [-0.1, -0.05) is 18.2 Å². The first-order valence-electron chi connectivity index (χ1n) is 12.4. The molecule has 0 unspecified atom stereocenters. The Hall–Kier alpha value is -2.99. The predicted molar refractivity (Wildman–Crippen MR) is 145 cm³/mol. The molecule has 11 heteroatoms. The zero-order chi connectivity index (χ0) is 26.7. The lowest BCUT2D eigenvalue weighted by Gasteiger charge is -2.29. The van der Waals surface area contributed by atoms with Crippen LogP contribution < -0.4 is 10.3 Å². The van der Waals surface area contributed by atoms with E-state index in [-0.39, 0.29) is 29.9 Å². The Morgan fingerprint density at radius 3 is 2.71 bits per heavy atom. The minimum atomic E-state index is -3.25. The van der Waals surface area contributed by atoms with Gasteiger partial charge in [0.05, 0.1) is 31.3 Å². The standard InChI is InChI=1S/C27H30N2O7S2/c1-33-22-6-4-3-5-21(22)23(36-20-7-11-34-12-8-20)16-19-15-18(9-14-38(2,31)32)26(30)29-17-24(37-27(19)29)25-28-10-13-35-25/h3-6,10,13,15,17,20,23H,7-9,11-12,14,16H2,1-2H3/t23-/m0/s1. The molecule has 1 atom stereocenters. The highest BCUT2D eigenvalue weighted by atomic mass is 32.2. The van der Waals surface area contributed by atoms with Gasteiger partial charge in [-0.05, 0) is 37.0 Å². The highest BCUT2D eigenvalue weighted by Gasteiger charge is 2.26. The lowest BCUT2D eigenvalue weighted by Crippen LogP contribution is -2.27. The van der Waals surface area contributed by atoms with E-state index in [0.717, 1.165) is 34.5 Å². The van der Waals surface area contributed by atoms with E-state index in [1.54, 1.807) is 23.9 Å². The number of sulfone groups is 1. The van der Waals surface area contributed by atoms with Crippen LogP contribution in [0.4, 0.5) is 0 Å². The van der Waals surface area contributed by atoms with Gasteiger partial charge in [0.25, 0.3) is 5.56 Å². The summed E-state index contributed by atoms with van der Waals surface area (Å²) in [6, 6.07) is 9.59. The summed E-state index contributed by atoms with van der Waals surface area (Å²) >= 11 is 1.40. The first-order chi connectivity index (χ1) is 18.3. The molecule has 3 aromatic heterocycles. The van der Waals surface area contributed by atoms with Crippen molar-refractivity contribution in [2.75, 3.05) is 32.3 Å². The summed E-state index contributed by atoms with van der Waals surface area (Å²) in [4.78, 5) is 19.1. The second-order valence-corrected chi connectivity index (χ2v) is 12.7. The maximum atomic E-state index is 13.4. The van der Waals surface area contributed by atoms with Gasteiger partial charge < -0.3 is 18.6 Å². The number of aryl methyl sites for hydroxylation is 1. The molecule has 4 aromatic rings. The number of pyridine rings is 1. The molecule has 0 saturated carbocycles. The van der Waals surface area contributed by atoms with Crippen LogP contribution in [0.2, 0.25) is 0 Å². The number of benzene rings is 1. The van der Waals surface area contributed by atoms with Gasteiger partial charge >= 0.3 is 0 Å². The molecule has 0 spiro atoms. The summed E-state index contributed by atoms with van der Waals surface area (Å²) in [5.41, 5.74) is 1.97. The zero-order valence-electron chi connectivity index (χ0n) is 21.3. The molecule has 1 aliphatic heterocycles. The zero-order valence-corrected chi connectivity index (χ0v) is 22.9. The van der Waals surface area contributed by atoms with Gasteiger partial charge in [0.15, 0.2) is 0 Å². The van der Waals surface area contributed by atoms with Gasteiger partial charge in [-0.25, -0.2) is 13.4 Å². The molecule has 1 saturated heterocycles. The monoisotopic (exact) mass is 558 g/mol. The maximum Gasteiger partial charge on any atom is 0.258 e. The van der Waals surface area contributed by atoms with E-state index in [2.05, 4.69) is 4.98 Å². The van der Waals surface area contributed by atoms with E-state index in [1.165, 1.54) is 23.9 Å². The summed E-state index contributed by atoms with van der Waals surface area (Å²) in [5, 5.41) is 0. The number of thiazole rings is 1. The molecule has 0 radical (unpaired) electrons. The number of hydrogen-bond donors (Lipinski definition) is 0. The molecular weight excluding hydrogens is 528 g/mol. The number of hydrogen-bond acceptors (Lipinski definition) is 9. The smallest absolute Gasteiger partial charge is 0.258 e. The van der Waals surface area contributed by atoms with Crippen LogP contribution in [-0.4, -0.2) is 56.2 Å². The number of aromatic nitrogens is 2. The molecule has 5 rings (SSSR count). The van der Waals surface area contributed by atoms with Crippen LogP contribution in [0.3, 0.4) is 0 Å². The first kappa shape index (κ1) is 26.6. The average molecular weight is 559 g/mol. The number of ether oxygens (including phenoxy) is 3. The molecule has 1 aromatic carbocycles. The molecule has 0 N–H and O–H groups in total. The van der Waals surface area contributed by atoms with Crippen molar-refractivity contribution in [2.45, 2.75) is 37.9 Å². The number of rotatable bonds is 10. The van der Waals surface area contributed by atoms with Crippen LogP contribution in [0.1, 0.15) is 35.6 Å². The fraction of sp³-hybridized carbons (Fsp3) is 0.407. The van der Waals surface area contributed by atoms with Crippen molar-refractivity contribution in [1.29, 1.82) is 0 Å². The minimum absolute atomic E-state index is 0.0245. The molecule has 4 heterocycles. The van der Waals surface area contributed by atoms with Crippen molar-refractivity contribution in [2.24, 2.45) is 0 Å². The van der Waals surface area contributed by atoms with E-state index in [4.69, 9.17) is 18.6 Å². The van der Waals surface area contributed by atoms with Crippen molar-refractivity contribution in [3.05, 3.63) is 76.0 Å². The van der Waals surface area contributed by atoms with E-state index in [0.29, 0.717) is 36.0 Å². The summed E-state index contributed by atoms with van der Waals surface area (Å²) in [7, 11) is -1.62. The molecule has 1 aliphatic rings. The number of methoxy groups -OCH3 is 1. The fourth-order valence-corrected chi connectivity index (χ4v) is 6.34. The van der Waals surface area contributed by atoms with Crippen molar-refractivity contribution < 1.29 is 27.0 Å². The number of para-hydroxylation sites is 1. The topological polar surface area (TPSA) is 109 Å². The highest BCUT2D eigenvalue weighted by Crippen LogP contribution is 2.36. The maximum absolute atomic E-state index is 13.4. The average Bonchev–Trinajstić information content (AvgIpc) is 3.60. The molecule has 1 fully saturated rings. The van der Waals surface area contributed by atoms with Crippen LogP contribution >= 0.6 is 11.3 Å². The fourth-order valence-electron chi connectivity index (χ4n) is 4.69. The van der Waals surface area contributed by atoms with Crippen molar-refractivity contribution >= 4 is 26.0 Å². The van der Waals surface area contributed by atoms with Crippen molar-refractivity contribution in [3.8, 4) is 16.5 Å². The molecule has 38 heavy (non-hydrogen) atoms. The van der Waals surface area contributed by atoms with Crippen LogP contribution in [0.5, 0.6) is 5.75 Å². The van der Waals surface area contributed by atoms with E-state index in [1.807, 2.05) is 30.3 Å².